The van der Waals surface area contributed by atoms with Crippen molar-refractivity contribution in [1.29, 1.82) is 0 Å². The summed E-state index contributed by atoms with van der Waals surface area (Å²) in [4.78, 5) is 25.6. The molecule has 0 bridgehead atoms. The second kappa shape index (κ2) is 9.72. The number of piperazine rings is 1. The topological polar surface area (TPSA) is 107 Å². The van der Waals surface area contributed by atoms with Crippen molar-refractivity contribution in [1.82, 2.24) is 26.3 Å². The van der Waals surface area contributed by atoms with E-state index in [1.165, 1.54) is 0 Å². The highest BCUT2D eigenvalue weighted by Gasteiger charge is 2.21. The van der Waals surface area contributed by atoms with Crippen molar-refractivity contribution >= 4 is 29.3 Å². The number of carbonyl (C=O) groups is 2. The van der Waals surface area contributed by atoms with Gasteiger partial charge in [-0.1, -0.05) is 11.6 Å². The molecule has 0 saturated carbocycles. The van der Waals surface area contributed by atoms with Crippen LogP contribution in [-0.4, -0.2) is 74.5 Å². The summed E-state index contributed by atoms with van der Waals surface area (Å²) < 4.78 is 5.53. The first-order valence-corrected chi connectivity index (χ1v) is 9.67. The minimum atomic E-state index is -0.342. The van der Waals surface area contributed by atoms with E-state index in [1.54, 1.807) is 18.2 Å². The van der Waals surface area contributed by atoms with E-state index in [-0.39, 0.29) is 24.6 Å². The number of halogens is 1. The van der Waals surface area contributed by atoms with Crippen molar-refractivity contribution in [2.45, 2.75) is 13.0 Å². The number of nitrogens with one attached hydrogen (secondary N) is 4. The number of ether oxygens (including phenoxy) is 1. The molecule has 2 aliphatic rings. The minimum Gasteiger partial charge on any atom is -0.482 e. The molecule has 3 rings (SSSR count). The third-order valence-corrected chi connectivity index (χ3v) is 4.88. The largest absolute Gasteiger partial charge is 0.482 e. The summed E-state index contributed by atoms with van der Waals surface area (Å²) in [5.41, 5.74) is 3.81. The Morgan fingerprint density at radius 2 is 2.18 bits per heavy atom. The number of hydrogen-bond acceptors (Lipinski definition) is 6. The summed E-state index contributed by atoms with van der Waals surface area (Å²) in [7, 11) is 0. The molecule has 1 aromatic carbocycles. The molecule has 2 heterocycles. The van der Waals surface area contributed by atoms with E-state index in [0.29, 0.717) is 23.0 Å². The van der Waals surface area contributed by atoms with E-state index in [0.717, 1.165) is 38.3 Å². The van der Waals surface area contributed by atoms with Gasteiger partial charge in [-0.25, -0.2) is 10.2 Å². The molecule has 1 fully saturated rings. The molecule has 0 aliphatic carbocycles. The van der Waals surface area contributed by atoms with Gasteiger partial charge in [-0.3, -0.25) is 9.69 Å². The molecule has 2 aliphatic heterocycles. The molecule has 0 aromatic heterocycles. The molecule has 1 atom stereocenters. The number of carbonyl (C=O) groups excluding carboxylic acids is 2. The summed E-state index contributed by atoms with van der Waals surface area (Å²) in [6.45, 7) is 7.11. The van der Waals surface area contributed by atoms with Crippen molar-refractivity contribution in [3.63, 3.8) is 0 Å². The molecule has 0 spiro atoms. The summed E-state index contributed by atoms with van der Waals surface area (Å²) in [5, 5.41) is 13.3. The van der Waals surface area contributed by atoms with E-state index in [9.17, 15) is 9.59 Å². The van der Waals surface area contributed by atoms with E-state index in [1.807, 2.05) is 6.92 Å². The van der Waals surface area contributed by atoms with Crippen molar-refractivity contribution in [2.75, 3.05) is 45.9 Å². The molecule has 3 amide bonds. The number of amides is 3. The third-order valence-electron chi connectivity index (χ3n) is 4.58. The standard InChI is InChI=1S/C18H25ClN6O3/c1-12-17(23-24-18(27)22-12)13-2-3-15(14(19)10-13)28-11-16(26)21-6-9-25-7-4-20-5-8-25/h2-3,10,12,20H,4-9,11H2,1H3,(H,21,26)(H2,22,24,27). The number of urea groups is 1. The normalized spacial score (nSPS) is 20.0. The fourth-order valence-electron chi connectivity index (χ4n) is 3.08. The Bertz CT molecular complexity index is 751. The van der Waals surface area contributed by atoms with Crippen LogP contribution in [0.3, 0.4) is 0 Å². The van der Waals surface area contributed by atoms with E-state index in [4.69, 9.17) is 16.3 Å². The summed E-state index contributed by atoms with van der Waals surface area (Å²) >= 11 is 6.28. The average Bonchev–Trinajstić information content (AvgIpc) is 2.68. The van der Waals surface area contributed by atoms with Crippen LogP contribution in [0, 0.1) is 0 Å². The van der Waals surface area contributed by atoms with Crippen molar-refractivity contribution < 1.29 is 14.3 Å². The zero-order chi connectivity index (χ0) is 19.9. The number of rotatable bonds is 7. The second-order valence-corrected chi connectivity index (χ2v) is 7.09. The maximum Gasteiger partial charge on any atom is 0.335 e. The highest BCUT2D eigenvalue weighted by molar-refractivity contribution is 6.32. The van der Waals surface area contributed by atoms with E-state index >= 15 is 0 Å². The smallest absolute Gasteiger partial charge is 0.335 e. The van der Waals surface area contributed by atoms with Crippen LogP contribution >= 0.6 is 11.6 Å². The van der Waals surface area contributed by atoms with Gasteiger partial charge in [0.1, 0.15) is 5.75 Å². The molecule has 9 nitrogen and oxygen atoms in total. The minimum absolute atomic E-state index is 0.102. The molecule has 1 unspecified atom stereocenters. The summed E-state index contributed by atoms with van der Waals surface area (Å²) in [6.07, 6.45) is 0. The number of hydrogen-bond donors (Lipinski definition) is 4. The Labute approximate surface area is 168 Å². The van der Waals surface area contributed by atoms with Crippen molar-refractivity contribution in [2.24, 2.45) is 5.10 Å². The van der Waals surface area contributed by atoms with E-state index in [2.05, 4.69) is 31.4 Å². The summed E-state index contributed by atoms with van der Waals surface area (Å²) in [5.74, 6) is 0.233. The maximum absolute atomic E-state index is 12.0. The quantitative estimate of drug-likeness (QED) is 0.513. The predicted octanol–water partition coefficient (Wildman–Crippen LogP) is 0.146. The van der Waals surface area contributed by atoms with Gasteiger partial charge in [0.25, 0.3) is 5.91 Å². The summed E-state index contributed by atoms with van der Waals surface area (Å²) in [6, 6.07) is 4.60. The molecular weight excluding hydrogens is 384 g/mol. The Hall–Kier alpha value is -2.36. The maximum atomic E-state index is 12.0. The lowest BCUT2D eigenvalue weighted by Crippen LogP contribution is -2.48. The number of nitrogens with zero attached hydrogens (tertiary/aromatic N) is 2. The van der Waals surface area contributed by atoms with Crippen molar-refractivity contribution in [3.8, 4) is 5.75 Å². The fraction of sp³-hybridized carbons (Fsp3) is 0.500. The number of benzene rings is 1. The lowest BCUT2D eigenvalue weighted by molar-refractivity contribution is -0.123. The first kappa shape index (κ1) is 20.4. The van der Waals surface area contributed by atoms with E-state index < -0.39 is 0 Å². The highest BCUT2D eigenvalue weighted by Crippen LogP contribution is 2.26. The zero-order valence-electron chi connectivity index (χ0n) is 15.8. The van der Waals surface area contributed by atoms with Crippen LogP contribution in [0.4, 0.5) is 4.79 Å². The van der Waals surface area contributed by atoms with Crippen LogP contribution in [0.2, 0.25) is 5.02 Å². The van der Waals surface area contributed by atoms with Gasteiger partial charge in [-0.2, -0.15) is 5.10 Å². The first-order chi connectivity index (χ1) is 13.5. The van der Waals surface area contributed by atoms with Gasteiger partial charge in [-0.05, 0) is 25.1 Å². The SMILES string of the molecule is CC1NC(=O)NN=C1c1ccc(OCC(=O)NCCN2CCNCC2)c(Cl)c1. The Morgan fingerprint density at radius 3 is 2.89 bits per heavy atom. The molecule has 10 heteroatoms. The van der Waals surface area contributed by atoms with Gasteiger partial charge < -0.3 is 20.7 Å². The molecule has 152 valence electrons. The molecular formula is C18H25ClN6O3. The monoisotopic (exact) mass is 408 g/mol. The molecule has 1 aromatic rings. The van der Waals surface area contributed by atoms with Gasteiger partial charge in [-0.15, -0.1) is 0 Å². The van der Waals surface area contributed by atoms with Crippen LogP contribution in [0.1, 0.15) is 12.5 Å². The first-order valence-electron chi connectivity index (χ1n) is 9.29. The van der Waals surface area contributed by atoms with Crippen LogP contribution in [0.15, 0.2) is 23.3 Å². The Balaban J connectivity index is 1.46. The van der Waals surface area contributed by atoms with Gasteiger partial charge in [0, 0.05) is 44.8 Å². The Kier molecular flexibility index (Phi) is 7.07. The van der Waals surface area contributed by atoms with Crippen LogP contribution < -0.4 is 26.1 Å². The highest BCUT2D eigenvalue weighted by atomic mass is 35.5. The van der Waals surface area contributed by atoms with Crippen molar-refractivity contribution in [3.05, 3.63) is 28.8 Å². The van der Waals surface area contributed by atoms with Crippen LogP contribution in [-0.2, 0) is 4.79 Å². The van der Waals surface area contributed by atoms with Gasteiger partial charge in [0.05, 0.1) is 16.8 Å². The fourth-order valence-corrected chi connectivity index (χ4v) is 3.31. The zero-order valence-corrected chi connectivity index (χ0v) is 16.5. The molecule has 28 heavy (non-hydrogen) atoms. The van der Waals surface area contributed by atoms with Gasteiger partial charge in [0.2, 0.25) is 0 Å². The van der Waals surface area contributed by atoms with Crippen LogP contribution in [0.5, 0.6) is 5.75 Å². The van der Waals surface area contributed by atoms with Crippen LogP contribution in [0.25, 0.3) is 0 Å². The number of hydrazone groups is 1. The molecule has 1 saturated heterocycles. The Morgan fingerprint density at radius 1 is 1.39 bits per heavy atom. The van der Waals surface area contributed by atoms with Gasteiger partial charge in [0.15, 0.2) is 6.61 Å². The van der Waals surface area contributed by atoms with Gasteiger partial charge >= 0.3 is 6.03 Å². The predicted molar refractivity (Wildman–Crippen MR) is 107 cm³/mol. The average molecular weight is 409 g/mol. The molecule has 4 N–H and O–H groups in total. The lowest BCUT2D eigenvalue weighted by atomic mass is 10.0. The molecule has 0 radical (unpaired) electrons. The lowest BCUT2D eigenvalue weighted by Gasteiger charge is -2.27. The third kappa shape index (κ3) is 5.57. The second-order valence-electron chi connectivity index (χ2n) is 6.68.